The minimum Gasteiger partial charge on any atom is -0.481 e. The number of hydrogen-bond acceptors (Lipinski definition) is 2. The van der Waals surface area contributed by atoms with Crippen molar-refractivity contribution < 1.29 is 14.3 Å². The molecule has 0 spiro atoms. The Morgan fingerprint density at radius 2 is 1.80 bits per heavy atom. The summed E-state index contributed by atoms with van der Waals surface area (Å²) < 4.78 is 13.7. The maximum atomic E-state index is 13.7. The van der Waals surface area contributed by atoms with Crippen LogP contribution in [0.5, 0.6) is 0 Å². The number of carboxylic acid groups (broad SMARTS) is 1. The molecular formula is C21H19FO2S. The Labute approximate surface area is 150 Å². The van der Waals surface area contributed by atoms with Crippen LogP contribution < -0.4 is 0 Å². The molecule has 0 aromatic heterocycles. The minimum absolute atomic E-state index is 0.0353. The predicted octanol–water partition coefficient (Wildman–Crippen LogP) is 5.31. The molecule has 3 aromatic rings. The summed E-state index contributed by atoms with van der Waals surface area (Å²) in [4.78, 5) is 12.3. The van der Waals surface area contributed by atoms with E-state index in [2.05, 4.69) is 31.2 Å². The molecule has 4 heteroatoms. The smallest absolute Gasteiger partial charge is 0.307 e. The molecule has 0 fully saturated rings. The molecule has 0 aliphatic heterocycles. The summed E-state index contributed by atoms with van der Waals surface area (Å²) in [7, 11) is 0. The summed E-state index contributed by atoms with van der Waals surface area (Å²) in [6, 6.07) is 16.7. The van der Waals surface area contributed by atoms with Gasteiger partial charge >= 0.3 is 5.97 Å². The van der Waals surface area contributed by atoms with E-state index in [1.54, 1.807) is 17.8 Å². The van der Waals surface area contributed by atoms with Crippen molar-refractivity contribution in [2.45, 2.75) is 24.7 Å². The van der Waals surface area contributed by atoms with Gasteiger partial charge in [-0.15, -0.1) is 11.8 Å². The lowest BCUT2D eigenvalue weighted by molar-refractivity contribution is -0.136. The van der Waals surface area contributed by atoms with Gasteiger partial charge in [-0.2, -0.15) is 0 Å². The Kier molecular flexibility index (Phi) is 5.39. The first-order valence-electron chi connectivity index (χ1n) is 8.19. The van der Waals surface area contributed by atoms with Crippen LogP contribution in [0.15, 0.2) is 59.5 Å². The van der Waals surface area contributed by atoms with E-state index in [1.165, 1.54) is 17.0 Å². The summed E-state index contributed by atoms with van der Waals surface area (Å²) in [5.74, 6) is -0.122. The van der Waals surface area contributed by atoms with E-state index in [1.807, 2.05) is 12.1 Å². The van der Waals surface area contributed by atoms with Crippen LogP contribution in [-0.4, -0.2) is 16.8 Å². The first kappa shape index (κ1) is 17.5. The Morgan fingerprint density at radius 1 is 1.04 bits per heavy atom. The molecule has 0 saturated heterocycles. The third kappa shape index (κ3) is 4.40. The lowest BCUT2D eigenvalue weighted by atomic mass is 9.95. The summed E-state index contributed by atoms with van der Waals surface area (Å²) in [6.07, 6.45) is 0.608. The fourth-order valence-electron chi connectivity index (χ4n) is 2.99. The van der Waals surface area contributed by atoms with Crippen LogP contribution >= 0.6 is 11.8 Å². The van der Waals surface area contributed by atoms with Crippen LogP contribution in [0.25, 0.3) is 10.8 Å². The highest BCUT2D eigenvalue weighted by molar-refractivity contribution is 7.99. The monoisotopic (exact) mass is 354 g/mol. The van der Waals surface area contributed by atoms with Crippen molar-refractivity contribution >= 4 is 28.5 Å². The average Bonchev–Trinajstić information content (AvgIpc) is 2.57. The summed E-state index contributed by atoms with van der Waals surface area (Å²) in [6.45, 7) is 2.12. The highest BCUT2D eigenvalue weighted by Crippen LogP contribution is 2.26. The molecule has 2 nitrogen and oxygen atoms in total. The highest BCUT2D eigenvalue weighted by Gasteiger charge is 2.09. The highest BCUT2D eigenvalue weighted by atomic mass is 32.2. The molecule has 0 saturated carbocycles. The number of carbonyl (C=O) groups is 1. The normalized spacial score (nSPS) is 11.0. The molecule has 3 rings (SSSR count). The van der Waals surface area contributed by atoms with Gasteiger partial charge < -0.3 is 5.11 Å². The predicted molar refractivity (Wildman–Crippen MR) is 101 cm³/mol. The molecule has 0 amide bonds. The topological polar surface area (TPSA) is 37.3 Å². The van der Waals surface area contributed by atoms with Crippen LogP contribution in [0.4, 0.5) is 4.39 Å². The number of carboxylic acids is 1. The van der Waals surface area contributed by atoms with Gasteiger partial charge in [-0.3, -0.25) is 4.79 Å². The number of aliphatic carboxylic acids is 1. The third-order valence-corrected chi connectivity index (χ3v) is 4.94. The van der Waals surface area contributed by atoms with Gasteiger partial charge in [0.15, 0.2) is 0 Å². The standard InChI is InChI=1S/C21H19FO2S/c1-2-25-19-7-3-14(4-8-19)9-17-11-15(12-21(23)24)10-16-5-6-18(22)13-20(16)17/h3-8,10-11,13H,2,9,12H2,1H3,(H,23,24). The Bertz CT molecular complexity index is 904. The fraction of sp³-hybridized carbons (Fsp3) is 0.190. The van der Waals surface area contributed by atoms with Gasteiger partial charge in [0.25, 0.3) is 0 Å². The molecule has 1 N–H and O–H groups in total. The molecule has 0 bridgehead atoms. The maximum absolute atomic E-state index is 13.7. The van der Waals surface area contributed by atoms with Gasteiger partial charge in [-0.25, -0.2) is 4.39 Å². The Morgan fingerprint density at radius 3 is 2.48 bits per heavy atom. The second-order valence-electron chi connectivity index (χ2n) is 5.94. The lowest BCUT2D eigenvalue weighted by Crippen LogP contribution is -2.01. The van der Waals surface area contributed by atoms with E-state index >= 15 is 0 Å². The molecule has 0 heterocycles. The van der Waals surface area contributed by atoms with Crippen molar-refractivity contribution in [1.82, 2.24) is 0 Å². The van der Waals surface area contributed by atoms with Crippen LogP contribution in [0.2, 0.25) is 0 Å². The van der Waals surface area contributed by atoms with Gasteiger partial charge in [0, 0.05) is 4.90 Å². The molecule has 25 heavy (non-hydrogen) atoms. The van der Waals surface area contributed by atoms with Crippen molar-refractivity contribution in [3.05, 3.63) is 77.1 Å². The number of hydrogen-bond donors (Lipinski definition) is 1. The minimum atomic E-state index is -0.867. The third-order valence-electron chi connectivity index (χ3n) is 4.05. The summed E-state index contributed by atoms with van der Waals surface area (Å²) in [5, 5.41) is 10.8. The zero-order valence-electron chi connectivity index (χ0n) is 14.0. The van der Waals surface area contributed by atoms with E-state index < -0.39 is 5.97 Å². The number of rotatable bonds is 6. The number of benzene rings is 3. The van der Waals surface area contributed by atoms with Crippen molar-refractivity contribution in [1.29, 1.82) is 0 Å². The molecular weight excluding hydrogens is 335 g/mol. The van der Waals surface area contributed by atoms with Gasteiger partial charge in [0.05, 0.1) is 6.42 Å². The molecule has 0 atom stereocenters. The van der Waals surface area contributed by atoms with E-state index in [0.29, 0.717) is 6.42 Å². The number of thioether (sulfide) groups is 1. The number of halogens is 1. The van der Waals surface area contributed by atoms with Gasteiger partial charge in [-0.05, 0) is 63.9 Å². The zero-order chi connectivity index (χ0) is 17.8. The van der Waals surface area contributed by atoms with Crippen molar-refractivity contribution in [2.24, 2.45) is 0 Å². The first-order chi connectivity index (χ1) is 12.0. The van der Waals surface area contributed by atoms with Gasteiger partial charge in [0.1, 0.15) is 5.82 Å². The molecule has 0 radical (unpaired) electrons. The average molecular weight is 354 g/mol. The van der Waals surface area contributed by atoms with Crippen LogP contribution in [0.1, 0.15) is 23.6 Å². The van der Waals surface area contributed by atoms with Gasteiger partial charge in [0.2, 0.25) is 0 Å². The van der Waals surface area contributed by atoms with E-state index in [-0.39, 0.29) is 12.2 Å². The van der Waals surface area contributed by atoms with E-state index in [0.717, 1.165) is 33.2 Å². The Balaban J connectivity index is 2.00. The molecule has 128 valence electrons. The summed E-state index contributed by atoms with van der Waals surface area (Å²) in [5.41, 5.74) is 2.81. The lowest BCUT2D eigenvalue weighted by Gasteiger charge is -2.11. The largest absolute Gasteiger partial charge is 0.481 e. The zero-order valence-corrected chi connectivity index (χ0v) is 14.8. The maximum Gasteiger partial charge on any atom is 0.307 e. The van der Waals surface area contributed by atoms with Crippen LogP contribution in [-0.2, 0) is 17.6 Å². The summed E-state index contributed by atoms with van der Waals surface area (Å²) >= 11 is 1.79. The van der Waals surface area contributed by atoms with Gasteiger partial charge in [-0.1, -0.05) is 37.3 Å². The van der Waals surface area contributed by atoms with Crippen molar-refractivity contribution in [3.8, 4) is 0 Å². The SMILES string of the molecule is CCSc1ccc(Cc2cc(CC(=O)O)cc3ccc(F)cc23)cc1. The molecule has 0 unspecified atom stereocenters. The van der Waals surface area contributed by atoms with Crippen LogP contribution in [0.3, 0.4) is 0 Å². The second kappa shape index (κ2) is 7.70. The van der Waals surface area contributed by atoms with Crippen molar-refractivity contribution in [3.63, 3.8) is 0 Å². The Hall–Kier alpha value is -2.33. The fourth-order valence-corrected chi connectivity index (χ4v) is 3.65. The molecule has 3 aromatic carbocycles. The molecule has 0 aliphatic rings. The number of fused-ring (bicyclic) bond motifs is 1. The van der Waals surface area contributed by atoms with E-state index in [4.69, 9.17) is 5.11 Å². The first-order valence-corrected chi connectivity index (χ1v) is 9.18. The van der Waals surface area contributed by atoms with E-state index in [9.17, 15) is 9.18 Å². The van der Waals surface area contributed by atoms with Crippen molar-refractivity contribution in [2.75, 3.05) is 5.75 Å². The quantitative estimate of drug-likeness (QED) is 0.610. The molecule has 0 aliphatic carbocycles. The van der Waals surface area contributed by atoms with Crippen LogP contribution in [0, 0.1) is 5.82 Å². The second-order valence-corrected chi connectivity index (χ2v) is 7.28.